The van der Waals surface area contributed by atoms with Crippen molar-refractivity contribution in [2.24, 2.45) is 0 Å². The van der Waals surface area contributed by atoms with E-state index in [1.54, 1.807) is 6.92 Å². The van der Waals surface area contributed by atoms with Gasteiger partial charge in [0.05, 0.1) is 0 Å². The Morgan fingerprint density at radius 2 is 2.13 bits per heavy atom. The number of carboxylic acids is 1. The quantitative estimate of drug-likeness (QED) is 0.689. The van der Waals surface area contributed by atoms with Gasteiger partial charge in [0, 0.05) is 6.54 Å². The van der Waals surface area contributed by atoms with E-state index in [0.717, 1.165) is 5.75 Å². The van der Waals surface area contributed by atoms with Crippen LogP contribution in [0.1, 0.15) is 6.92 Å². The molecule has 0 aromatic heterocycles. The molecule has 0 bridgehead atoms. The average Bonchev–Trinajstić information content (AvgIpc) is 2.25. The van der Waals surface area contributed by atoms with Gasteiger partial charge in [-0.2, -0.15) is 0 Å². The number of benzene rings is 1. The van der Waals surface area contributed by atoms with Gasteiger partial charge in [-0.15, -0.1) is 0 Å². The minimum atomic E-state index is -0.852. The predicted octanol–water partition coefficient (Wildman–Crippen LogP) is 1.13. The molecule has 2 N–H and O–H groups in total. The summed E-state index contributed by atoms with van der Waals surface area (Å²) in [4.78, 5) is 10.5. The molecule has 1 rings (SSSR count). The van der Waals surface area contributed by atoms with E-state index in [-0.39, 0.29) is 0 Å². The Morgan fingerprint density at radius 1 is 1.47 bits per heavy atom. The number of aliphatic carboxylic acids is 1. The van der Waals surface area contributed by atoms with Gasteiger partial charge in [0.2, 0.25) is 0 Å². The lowest BCUT2D eigenvalue weighted by molar-refractivity contribution is -0.139. The van der Waals surface area contributed by atoms with Crippen molar-refractivity contribution in [1.29, 1.82) is 0 Å². The van der Waals surface area contributed by atoms with Crippen molar-refractivity contribution < 1.29 is 14.6 Å². The molecule has 1 aromatic carbocycles. The maximum Gasteiger partial charge on any atom is 0.320 e. The number of nitrogens with one attached hydrogen (secondary N) is 1. The van der Waals surface area contributed by atoms with Crippen LogP contribution in [-0.4, -0.2) is 30.3 Å². The van der Waals surface area contributed by atoms with Crippen LogP contribution in [0.3, 0.4) is 0 Å². The van der Waals surface area contributed by atoms with Crippen LogP contribution >= 0.6 is 0 Å². The van der Waals surface area contributed by atoms with E-state index < -0.39 is 12.0 Å². The Hall–Kier alpha value is -1.55. The third-order valence-corrected chi connectivity index (χ3v) is 1.93. The van der Waals surface area contributed by atoms with Crippen molar-refractivity contribution in [3.63, 3.8) is 0 Å². The molecule has 4 heteroatoms. The maximum absolute atomic E-state index is 10.5. The molecule has 1 unspecified atom stereocenters. The molecule has 0 radical (unpaired) electrons. The number of hydrogen-bond donors (Lipinski definition) is 2. The van der Waals surface area contributed by atoms with Crippen LogP contribution in [0.5, 0.6) is 5.75 Å². The summed E-state index contributed by atoms with van der Waals surface area (Å²) in [5, 5.41) is 11.4. The smallest absolute Gasteiger partial charge is 0.320 e. The van der Waals surface area contributed by atoms with Crippen molar-refractivity contribution >= 4 is 5.97 Å². The van der Waals surface area contributed by atoms with Crippen molar-refractivity contribution in [1.82, 2.24) is 5.32 Å². The van der Waals surface area contributed by atoms with E-state index >= 15 is 0 Å². The highest BCUT2D eigenvalue weighted by molar-refractivity contribution is 5.72. The lowest BCUT2D eigenvalue weighted by Crippen LogP contribution is -2.36. The minimum absolute atomic E-state index is 0.460. The standard InChI is InChI=1S/C11H15NO3/c1-9(11(13)14)12-7-8-15-10-5-3-2-4-6-10/h2-6,9,12H,7-8H2,1H3,(H,13,14). The van der Waals surface area contributed by atoms with E-state index in [1.165, 1.54) is 0 Å². The Labute approximate surface area is 88.9 Å². The fourth-order valence-electron chi connectivity index (χ4n) is 1.05. The second-order valence-electron chi connectivity index (χ2n) is 3.18. The lowest BCUT2D eigenvalue weighted by Gasteiger charge is -2.09. The van der Waals surface area contributed by atoms with Crippen molar-refractivity contribution in [2.45, 2.75) is 13.0 Å². The monoisotopic (exact) mass is 209 g/mol. The second-order valence-corrected chi connectivity index (χ2v) is 3.18. The van der Waals surface area contributed by atoms with Gasteiger partial charge in [0.15, 0.2) is 0 Å². The Kier molecular flexibility index (Phi) is 4.63. The Morgan fingerprint density at radius 3 is 2.73 bits per heavy atom. The predicted molar refractivity (Wildman–Crippen MR) is 57.0 cm³/mol. The first-order chi connectivity index (χ1) is 7.20. The zero-order valence-corrected chi connectivity index (χ0v) is 8.64. The van der Waals surface area contributed by atoms with Gasteiger partial charge < -0.3 is 15.2 Å². The first-order valence-electron chi connectivity index (χ1n) is 4.84. The molecule has 0 amide bonds. The molecule has 0 aliphatic heterocycles. The molecule has 4 nitrogen and oxygen atoms in total. The second kappa shape index (κ2) is 6.03. The third kappa shape index (κ3) is 4.46. The highest BCUT2D eigenvalue weighted by Gasteiger charge is 2.08. The highest BCUT2D eigenvalue weighted by atomic mass is 16.5. The summed E-state index contributed by atoms with van der Waals surface area (Å²) >= 11 is 0. The van der Waals surface area contributed by atoms with Crippen LogP contribution in [0.15, 0.2) is 30.3 Å². The average molecular weight is 209 g/mol. The van der Waals surface area contributed by atoms with Crippen molar-refractivity contribution in [2.75, 3.05) is 13.2 Å². The first kappa shape index (κ1) is 11.5. The molecule has 0 saturated carbocycles. The molecule has 1 aromatic rings. The van der Waals surface area contributed by atoms with Gasteiger partial charge >= 0.3 is 5.97 Å². The summed E-state index contributed by atoms with van der Waals surface area (Å²) in [6, 6.07) is 8.88. The normalized spacial score (nSPS) is 12.1. The van der Waals surface area contributed by atoms with Crippen LogP contribution in [0, 0.1) is 0 Å². The fraction of sp³-hybridized carbons (Fsp3) is 0.364. The molecule has 0 saturated heterocycles. The summed E-state index contributed by atoms with van der Waals surface area (Å²) < 4.78 is 5.38. The Bertz CT molecular complexity index is 300. The fourth-order valence-corrected chi connectivity index (χ4v) is 1.05. The number of para-hydroxylation sites is 1. The van der Waals surface area contributed by atoms with Gasteiger partial charge in [-0.05, 0) is 19.1 Å². The van der Waals surface area contributed by atoms with Crippen LogP contribution in [0.25, 0.3) is 0 Å². The van der Waals surface area contributed by atoms with Gasteiger partial charge in [0.1, 0.15) is 18.4 Å². The van der Waals surface area contributed by atoms with Gasteiger partial charge in [-0.1, -0.05) is 18.2 Å². The van der Waals surface area contributed by atoms with E-state index in [4.69, 9.17) is 9.84 Å². The van der Waals surface area contributed by atoms with E-state index in [9.17, 15) is 4.79 Å². The van der Waals surface area contributed by atoms with E-state index in [1.807, 2.05) is 30.3 Å². The topological polar surface area (TPSA) is 58.6 Å². The first-order valence-corrected chi connectivity index (χ1v) is 4.84. The van der Waals surface area contributed by atoms with Gasteiger partial charge in [-0.3, -0.25) is 4.79 Å². The van der Waals surface area contributed by atoms with E-state index in [0.29, 0.717) is 13.2 Å². The number of carbonyl (C=O) groups is 1. The summed E-state index contributed by atoms with van der Waals surface area (Å²) in [5.74, 6) is -0.0583. The van der Waals surface area contributed by atoms with Crippen LogP contribution in [-0.2, 0) is 4.79 Å². The van der Waals surface area contributed by atoms with Crippen molar-refractivity contribution in [3.05, 3.63) is 30.3 Å². The molecule has 0 aliphatic rings. The third-order valence-electron chi connectivity index (χ3n) is 1.93. The zero-order valence-electron chi connectivity index (χ0n) is 8.64. The molecule has 0 aliphatic carbocycles. The summed E-state index contributed by atoms with van der Waals surface area (Å²) in [6.07, 6.45) is 0. The molecule has 0 fully saturated rings. The largest absolute Gasteiger partial charge is 0.492 e. The SMILES string of the molecule is CC(NCCOc1ccccc1)C(=O)O. The van der Waals surface area contributed by atoms with Crippen molar-refractivity contribution in [3.8, 4) is 5.75 Å². The molecule has 1 atom stereocenters. The molecule has 82 valence electrons. The number of rotatable bonds is 6. The molecular formula is C11H15NO3. The summed E-state index contributed by atoms with van der Waals surface area (Å²) in [5.41, 5.74) is 0. The van der Waals surface area contributed by atoms with Gasteiger partial charge in [0.25, 0.3) is 0 Å². The molecule has 0 spiro atoms. The number of carboxylic acid groups (broad SMARTS) is 1. The number of ether oxygens (including phenoxy) is 1. The number of hydrogen-bond acceptors (Lipinski definition) is 3. The summed E-state index contributed by atoms with van der Waals surface area (Å²) in [6.45, 7) is 2.58. The van der Waals surface area contributed by atoms with Crippen LogP contribution in [0.2, 0.25) is 0 Å². The summed E-state index contributed by atoms with van der Waals surface area (Å²) in [7, 11) is 0. The van der Waals surface area contributed by atoms with E-state index in [2.05, 4.69) is 5.32 Å². The molecule has 0 heterocycles. The molecule has 15 heavy (non-hydrogen) atoms. The maximum atomic E-state index is 10.5. The van der Waals surface area contributed by atoms with Crippen LogP contribution < -0.4 is 10.1 Å². The lowest BCUT2D eigenvalue weighted by atomic mass is 10.3. The van der Waals surface area contributed by atoms with Gasteiger partial charge in [-0.25, -0.2) is 0 Å². The minimum Gasteiger partial charge on any atom is -0.492 e. The highest BCUT2D eigenvalue weighted by Crippen LogP contribution is 2.07. The Balaban J connectivity index is 2.15. The zero-order chi connectivity index (χ0) is 11.1. The molecular weight excluding hydrogens is 194 g/mol. The van der Waals surface area contributed by atoms with Crippen LogP contribution in [0.4, 0.5) is 0 Å².